The molecule has 2 heterocycles. The van der Waals surface area contributed by atoms with Crippen molar-refractivity contribution in [3.05, 3.63) is 34.0 Å². The topological polar surface area (TPSA) is 28.4 Å². The van der Waals surface area contributed by atoms with Crippen molar-refractivity contribution in [2.75, 3.05) is 26.7 Å². The first-order chi connectivity index (χ1) is 9.11. The van der Waals surface area contributed by atoms with E-state index in [0.29, 0.717) is 16.1 Å². The van der Waals surface area contributed by atoms with Gasteiger partial charge in [0.15, 0.2) is 0 Å². The van der Waals surface area contributed by atoms with Crippen molar-refractivity contribution in [3.8, 4) is 0 Å². The van der Waals surface area contributed by atoms with Crippen LogP contribution in [0.2, 0.25) is 10.0 Å². The van der Waals surface area contributed by atoms with E-state index in [4.69, 9.17) is 27.6 Å². The zero-order valence-corrected chi connectivity index (χ0v) is 12.3. The normalized spacial score (nSPS) is 21.1. The number of fused-ring (bicyclic) bond motifs is 1. The Bertz CT molecular complexity index is 596. The van der Waals surface area contributed by atoms with Gasteiger partial charge in [0.05, 0.1) is 5.02 Å². The summed E-state index contributed by atoms with van der Waals surface area (Å²) >= 11 is 12.2. The molecule has 1 aromatic carbocycles. The van der Waals surface area contributed by atoms with E-state index < -0.39 is 0 Å². The van der Waals surface area contributed by atoms with Gasteiger partial charge in [0.2, 0.25) is 0 Å². The molecule has 1 saturated heterocycles. The Labute approximate surface area is 122 Å². The number of halogens is 2. The third kappa shape index (κ3) is 2.90. The molecule has 3 rings (SSSR count). The molecule has 1 N–H and O–H groups in total. The Balaban J connectivity index is 1.83. The second-order valence-electron chi connectivity index (χ2n) is 5.13. The summed E-state index contributed by atoms with van der Waals surface area (Å²) in [7, 11) is 2.14. The maximum absolute atomic E-state index is 6.17. The lowest BCUT2D eigenvalue weighted by Crippen LogP contribution is -2.49. The summed E-state index contributed by atoms with van der Waals surface area (Å²) in [5.41, 5.74) is 0.761. The molecule has 0 aliphatic carbocycles. The lowest BCUT2D eigenvalue weighted by atomic mass is 10.1. The van der Waals surface area contributed by atoms with Gasteiger partial charge in [-0.15, -0.1) is 0 Å². The number of likely N-dealkylation sites (N-methyl/N-ethyl adjacent to an activating group) is 1. The Kier molecular flexibility index (Phi) is 3.72. The molecule has 19 heavy (non-hydrogen) atoms. The van der Waals surface area contributed by atoms with Gasteiger partial charge in [0.25, 0.3) is 0 Å². The molecule has 1 aliphatic rings. The van der Waals surface area contributed by atoms with E-state index in [1.54, 1.807) is 6.07 Å². The molecule has 1 fully saturated rings. The first-order valence-electron chi connectivity index (χ1n) is 6.41. The number of piperazine rings is 1. The van der Waals surface area contributed by atoms with Gasteiger partial charge in [-0.1, -0.05) is 23.2 Å². The number of hydrogen-bond donors (Lipinski definition) is 1. The van der Waals surface area contributed by atoms with Crippen molar-refractivity contribution in [2.45, 2.75) is 12.5 Å². The van der Waals surface area contributed by atoms with Gasteiger partial charge >= 0.3 is 0 Å². The molecule has 0 amide bonds. The molecule has 1 aromatic heterocycles. The molecular weight excluding hydrogens is 283 g/mol. The van der Waals surface area contributed by atoms with Crippen LogP contribution in [-0.2, 0) is 6.42 Å². The minimum absolute atomic E-state index is 0.425. The van der Waals surface area contributed by atoms with Gasteiger partial charge in [0, 0.05) is 48.6 Å². The van der Waals surface area contributed by atoms with Gasteiger partial charge in [-0.25, -0.2) is 0 Å². The minimum atomic E-state index is 0.425. The quantitative estimate of drug-likeness (QED) is 0.923. The lowest BCUT2D eigenvalue weighted by molar-refractivity contribution is 0.233. The zero-order valence-electron chi connectivity index (χ0n) is 10.7. The SMILES string of the molecule is CN1CCN[C@@H](Cc2cc3c(Cl)cc(Cl)cc3o2)C1. The smallest absolute Gasteiger partial charge is 0.137 e. The number of rotatable bonds is 2. The Morgan fingerprint density at radius 1 is 1.37 bits per heavy atom. The highest BCUT2D eigenvalue weighted by Crippen LogP contribution is 2.30. The van der Waals surface area contributed by atoms with Gasteiger partial charge < -0.3 is 14.6 Å². The van der Waals surface area contributed by atoms with Crippen LogP contribution in [0.4, 0.5) is 0 Å². The Morgan fingerprint density at radius 2 is 2.21 bits per heavy atom. The average Bonchev–Trinajstić information content (AvgIpc) is 2.71. The molecule has 3 nitrogen and oxygen atoms in total. The minimum Gasteiger partial charge on any atom is -0.461 e. The second kappa shape index (κ2) is 5.33. The highest BCUT2D eigenvalue weighted by atomic mass is 35.5. The average molecular weight is 299 g/mol. The number of furan rings is 1. The van der Waals surface area contributed by atoms with Crippen LogP contribution >= 0.6 is 23.2 Å². The van der Waals surface area contributed by atoms with Crippen LogP contribution in [-0.4, -0.2) is 37.6 Å². The maximum Gasteiger partial charge on any atom is 0.137 e. The number of benzene rings is 1. The van der Waals surface area contributed by atoms with E-state index in [9.17, 15) is 0 Å². The molecule has 5 heteroatoms. The summed E-state index contributed by atoms with van der Waals surface area (Å²) in [6, 6.07) is 6.00. The van der Waals surface area contributed by atoms with Crippen molar-refractivity contribution >= 4 is 34.2 Å². The standard InChI is InChI=1S/C14H16Cl2N2O/c1-18-3-2-17-10(8-18)6-11-7-12-13(16)4-9(15)5-14(12)19-11/h4-5,7,10,17H,2-3,6,8H2,1H3/t10-/m0/s1. The van der Waals surface area contributed by atoms with Crippen molar-refractivity contribution in [1.82, 2.24) is 10.2 Å². The first-order valence-corrected chi connectivity index (χ1v) is 7.17. The summed E-state index contributed by atoms with van der Waals surface area (Å²) in [5, 5.41) is 5.69. The fourth-order valence-electron chi connectivity index (χ4n) is 2.59. The van der Waals surface area contributed by atoms with Crippen LogP contribution in [0.5, 0.6) is 0 Å². The van der Waals surface area contributed by atoms with Crippen molar-refractivity contribution in [3.63, 3.8) is 0 Å². The molecule has 2 aromatic rings. The fraction of sp³-hybridized carbons (Fsp3) is 0.429. The predicted molar refractivity (Wildman–Crippen MR) is 79.2 cm³/mol. The first kappa shape index (κ1) is 13.3. The van der Waals surface area contributed by atoms with Crippen LogP contribution in [0.1, 0.15) is 5.76 Å². The largest absolute Gasteiger partial charge is 0.461 e. The number of nitrogens with zero attached hydrogens (tertiary/aromatic N) is 1. The third-order valence-corrected chi connectivity index (χ3v) is 4.04. The molecule has 1 aliphatic heterocycles. The van der Waals surface area contributed by atoms with E-state index in [2.05, 4.69) is 17.3 Å². The molecule has 0 saturated carbocycles. The predicted octanol–water partition coefficient (Wildman–Crippen LogP) is 3.19. The van der Waals surface area contributed by atoms with Crippen LogP contribution in [0, 0.1) is 0 Å². The van der Waals surface area contributed by atoms with E-state index >= 15 is 0 Å². The van der Waals surface area contributed by atoms with Crippen LogP contribution in [0.15, 0.2) is 22.6 Å². The molecule has 1 atom stereocenters. The second-order valence-corrected chi connectivity index (χ2v) is 5.97. The Morgan fingerprint density at radius 3 is 3.00 bits per heavy atom. The molecular formula is C14H16Cl2N2O. The van der Waals surface area contributed by atoms with Crippen molar-refractivity contribution < 1.29 is 4.42 Å². The monoisotopic (exact) mass is 298 g/mol. The van der Waals surface area contributed by atoms with E-state index in [1.165, 1.54) is 0 Å². The van der Waals surface area contributed by atoms with Gasteiger partial charge in [-0.2, -0.15) is 0 Å². The molecule has 0 spiro atoms. The highest BCUT2D eigenvalue weighted by molar-refractivity contribution is 6.38. The lowest BCUT2D eigenvalue weighted by Gasteiger charge is -2.30. The maximum atomic E-state index is 6.17. The molecule has 0 radical (unpaired) electrons. The number of hydrogen-bond acceptors (Lipinski definition) is 3. The van der Waals surface area contributed by atoms with Gasteiger partial charge in [-0.3, -0.25) is 0 Å². The summed E-state index contributed by atoms with van der Waals surface area (Å²) < 4.78 is 5.84. The Hall–Kier alpha value is -0.740. The van der Waals surface area contributed by atoms with Crippen LogP contribution in [0.3, 0.4) is 0 Å². The fourth-order valence-corrected chi connectivity index (χ4v) is 3.12. The van der Waals surface area contributed by atoms with Gasteiger partial charge in [-0.05, 0) is 19.2 Å². The van der Waals surface area contributed by atoms with E-state index in [0.717, 1.165) is 42.8 Å². The van der Waals surface area contributed by atoms with Crippen molar-refractivity contribution in [1.29, 1.82) is 0 Å². The highest BCUT2D eigenvalue weighted by Gasteiger charge is 2.19. The molecule has 0 unspecified atom stereocenters. The van der Waals surface area contributed by atoms with Crippen molar-refractivity contribution in [2.24, 2.45) is 0 Å². The number of nitrogens with one attached hydrogen (secondary N) is 1. The van der Waals surface area contributed by atoms with Gasteiger partial charge in [0.1, 0.15) is 11.3 Å². The summed E-state index contributed by atoms with van der Waals surface area (Å²) in [5.74, 6) is 0.951. The third-order valence-electron chi connectivity index (χ3n) is 3.51. The van der Waals surface area contributed by atoms with Crippen LogP contribution in [0.25, 0.3) is 11.0 Å². The zero-order chi connectivity index (χ0) is 13.4. The van der Waals surface area contributed by atoms with Crippen LogP contribution < -0.4 is 5.32 Å². The van der Waals surface area contributed by atoms with E-state index in [1.807, 2.05) is 12.1 Å². The molecule has 0 bridgehead atoms. The summed E-state index contributed by atoms with van der Waals surface area (Å²) in [6.45, 7) is 3.15. The summed E-state index contributed by atoms with van der Waals surface area (Å²) in [4.78, 5) is 2.33. The molecule has 102 valence electrons. The van der Waals surface area contributed by atoms with E-state index in [-0.39, 0.29) is 0 Å². The summed E-state index contributed by atoms with van der Waals surface area (Å²) in [6.07, 6.45) is 0.868.